The molecule has 6 nitrogen and oxygen atoms in total. The molecule has 0 bridgehead atoms. The average molecular weight is 359 g/mol. The third kappa shape index (κ3) is 3.94. The number of anilines is 1. The molecule has 1 fully saturated rings. The zero-order valence-electron chi connectivity index (χ0n) is 15.5. The lowest BCUT2D eigenvalue weighted by atomic mass is 9.80. The van der Waals surface area contributed by atoms with Crippen LogP contribution in [0.1, 0.15) is 26.0 Å². The smallest absolute Gasteiger partial charge is 0.239 e. The van der Waals surface area contributed by atoms with E-state index >= 15 is 0 Å². The molecule has 1 atom stereocenters. The number of carbonyl (C=O) groups is 1. The van der Waals surface area contributed by atoms with Gasteiger partial charge in [-0.1, -0.05) is 26.0 Å². The van der Waals surface area contributed by atoms with Gasteiger partial charge in [-0.25, -0.2) is 9.07 Å². The molecule has 0 radical (unpaired) electrons. The van der Waals surface area contributed by atoms with Crippen molar-refractivity contribution in [2.24, 2.45) is 11.1 Å². The fourth-order valence-electron chi connectivity index (χ4n) is 3.40. The van der Waals surface area contributed by atoms with Gasteiger partial charge in [-0.15, -0.1) is 0 Å². The van der Waals surface area contributed by atoms with Crippen molar-refractivity contribution in [2.75, 3.05) is 25.0 Å². The number of benzene rings is 1. The minimum absolute atomic E-state index is 0.0238. The lowest BCUT2D eigenvalue weighted by Crippen LogP contribution is -2.53. The normalized spacial score (nSPS) is 20.1. The first-order valence-corrected chi connectivity index (χ1v) is 8.85. The molecule has 1 aliphatic heterocycles. The second kappa shape index (κ2) is 7.17. The van der Waals surface area contributed by atoms with Gasteiger partial charge in [0.15, 0.2) is 0 Å². The predicted molar refractivity (Wildman–Crippen MR) is 99.7 cm³/mol. The Morgan fingerprint density at radius 2 is 2.15 bits per heavy atom. The highest BCUT2D eigenvalue weighted by Gasteiger charge is 2.34. The van der Waals surface area contributed by atoms with Gasteiger partial charge in [0, 0.05) is 25.2 Å². The summed E-state index contributed by atoms with van der Waals surface area (Å²) < 4.78 is 15.5. The molecule has 26 heavy (non-hydrogen) atoms. The Hall–Kier alpha value is -2.25. The number of likely N-dealkylation sites (tertiary alicyclic amines) is 1. The number of amides is 1. The number of rotatable bonds is 4. The van der Waals surface area contributed by atoms with Gasteiger partial charge in [-0.3, -0.25) is 9.69 Å². The second-order valence-electron chi connectivity index (χ2n) is 7.68. The molecule has 1 saturated heterocycles. The molecule has 1 unspecified atom stereocenters. The molecule has 0 spiro atoms. The van der Waals surface area contributed by atoms with E-state index in [9.17, 15) is 9.18 Å². The third-order valence-electron chi connectivity index (χ3n) is 4.94. The van der Waals surface area contributed by atoms with Crippen molar-refractivity contribution in [3.8, 4) is 5.69 Å². The van der Waals surface area contributed by atoms with Gasteiger partial charge >= 0.3 is 0 Å². The molecule has 1 aromatic carbocycles. The van der Waals surface area contributed by atoms with E-state index in [-0.39, 0.29) is 23.9 Å². The van der Waals surface area contributed by atoms with Crippen LogP contribution < -0.4 is 11.1 Å². The molecule has 0 saturated carbocycles. The number of hydrogen-bond acceptors (Lipinski definition) is 4. The van der Waals surface area contributed by atoms with Crippen molar-refractivity contribution in [2.45, 2.75) is 33.2 Å². The minimum atomic E-state index is -0.391. The molecular formula is C19H26FN5O. The molecule has 1 aromatic heterocycles. The maximum Gasteiger partial charge on any atom is 0.239 e. The topological polar surface area (TPSA) is 76.2 Å². The van der Waals surface area contributed by atoms with Crippen molar-refractivity contribution in [1.29, 1.82) is 0 Å². The van der Waals surface area contributed by atoms with Crippen LogP contribution in [0.15, 0.2) is 30.3 Å². The molecule has 2 heterocycles. The van der Waals surface area contributed by atoms with Crippen molar-refractivity contribution in [1.82, 2.24) is 14.7 Å². The Labute approximate surface area is 153 Å². The summed E-state index contributed by atoms with van der Waals surface area (Å²) in [6.45, 7) is 7.90. The monoisotopic (exact) mass is 359 g/mol. The largest absolute Gasteiger partial charge is 0.327 e. The summed E-state index contributed by atoms with van der Waals surface area (Å²) >= 11 is 0. The van der Waals surface area contributed by atoms with E-state index in [2.05, 4.69) is 29.2 Å². The summed E-state index contributed by atoms with van der Waals surface area (Å²) in [6.07, 6.45) is 0.868. The Bertz CT molecular complexity index is 801. The van der Waals surface area contributed by atoms with Crippen LogP contribution in [0.4, 0.5) is 10.2 Å². The van der Waals surface area contributed by atoms with E-state index in [1.165, 1.54) is 10.7 Å². The van der Waals surface area contributed by atoms with E-state index in [1.807, 2.05) is 6.92 Å². The van der Waals surface area contributed by atoms with Crippen LogP contribution in [0.3, 0.4) is 0 Å². The predicted octanol–water partition coefficient (Wildman–Crippen LogP) is 2.32. The summed E-state index contributed by atoms with van der Waals surface area (Å²) in [5.74, 6) is -0.0720. The lowest BCUT2D eigenvalue weighted by molar-refractivity contribution is -0.118. The highest BCUT2D eigenvalue weighted by molar-refractivity contribution is 5.91. The molecule has 1 aliphatic rings. The van der Waals surface area contributed by atoms with Crippen molar-refractivity contribution in [3.63, 3.8) is 0 Å². The number of halogens is 1. The summed E-state index contributed by atoms with van der Waals surface area (Å²) in [7, 11) is 0. The van der Waals surface area contributed by atoms with E-state index < -0.39 is 5.82 Å². The summed E-state index contributed by atoms with van der Waals surface area (Å²) in [4.78, 5) is 14.6. The number of nitrogens with zero attached hydrogens (tertiary/aromatic N) is 3. The zero-order chi connectivity index (χ0) is 18.9. The second-order valence-corrected chi connectivity index (χ2v) is 7.68. The number of nitrogens with one attached hydrogen (secondary N) is 1. The van der Waals surface area contributed by atoms with Gasteiger partial charge < -0.3 is 11.1 Å². The molecule has 3 rings (SSSR count). The van der Waals surface area contributed by atoms with Gasteiger partial charge in [0.25, 0.3) is 0 Å². The fraction of sp³-hybridized carbons (Fsp3) is 0.474. The standard InChI is InChI=1S/C19H26FN5O/c1-13-10-17(25(23-13)15-7-5-4-6-14(15)20)22-18(26)11-24-9-8-16(21)19(2,3)12-24/h4-7,10,16H,8-9,11-12,21H2,1-3H3,(H,22,26). The Morgan fingerprint density at radius 3 is 2.85 bits per heavy atom. The molecule has 1 amide bonds. The van der Waals surface area contributed by atoms with Crippen LogP contribution >= 0.6 is 0 Å². The maximum atomic E-state index is 14.1. The van der Waals surface area contributed by atoms with Crippen LogP contribution in [-0.4, -0.2) is 46.3 Å². The van der Waals surface area contributed by atoms with E-state index in [0.29, 0.717) is 17.2 Å². The average Bonchev–Trinajstić information content (AvgIpc) is 2.91. The minimum Gasteiger partial charge on any atom is -0.327 e. The highest BCUT2D eigenvalue weighted by Crippen LogP contribution is 2.27. The van der Waals surface area contributed by atoms with Crippen molar-refractivity contribution < 1.29 is 9.18 Å². The first-order valence-electron chi connectivity index (χ1n) is 8.85. The number of piperidine rings is 1. The highest BCUT2D eigenvalue weighted by atomic mass is 19.1. The number of para-hydroxylation sites is 1. The van der Waals surface area contributed by atoms with Gasteiger partial charge in [0.2, 0.25) is 5.91 Å². The van der Waals surface area contributed by atoms with Gasteiger partial charge in [-0.05, 0) is 30.9 Å². The Morgan fingerprint density at radius 1 is 1.42 bits per heavy atom. The summed E-state index contributed by atoms with van der Waals surface area (Å²) in [5.41, 5.74) is 7.14. The fourth-order valence-corrected chi connectivity index (χ4v) is 3.40. The maximum absolute atomic E-state index is 14.1. The van der Waals surface area contributed by atoms with Crippen molar-refractivity contribution in [3.05, 3.63) is 41.8 Å². The summed E-state index contributed by atoms with van der Waals surface area (Å²) in [6, 6.07) is 8.24. The zero-order valence-corrected chi connectivity index (χ0v) is 15.5. The molecule has 140 valence electrons. The van der Waals surface area contributed by atoms with E-state index in [1.54, 1.807) is 24.3 Å². The van der Waals surface area contributed by atoms with E-state index in [4.69, 9.17) is 5.73 Å². The number of aromatic nitrogens is 2. The first kappa shape index (κ1) is 18.5. The van der Waals surface area contributed by atoms with Gasteiger partial charge in [-0.2, -0.15) is 5.10 Å². The number of hydrogen-bond donors (Lipinski definition) is 2. The number of carbonyl (C=O) groups excluding carboxylic acids is 1. The molecule has 2 aromatic rings. The quantitative estimate of drug-likeness (QED) is 0.878. The lowest BCUT2D eigenvalue weighted by Gasteiger charge is -2.42. The van der Waals surface area contributed by atoms with Gasteiger partial charge in [0.05, 0.1) is 12.2 Å². The van der Waals surface area contributed by atoms with Crippen LogP contribution in [0.25, 0.3) is 5.69 Å². The van der Waals surface area contributed by atoms with Crippen LogP contribution in [0, 0.1) is 18.2 Å². The van der Waals surface area contributed by atoms with E-state index in [0.717, 1.165) is 19.5 Å². The molecule has 7 heteroatoms. The molecular weight excluding hydrogens is 333 g/mol. The number of aryl methyl sites for hydroxylation is 1. The third-order valence-corrected chi connectivity index (χ3v) is 4.94. The Kier molecular flexibility index (Phi) is 5.11. The van der Waals surface area contributed by atoms with Crippen molar-refractivity contribution >= 4 is 11.7 Å². The molecule has 0 aliphatic carbocycles. The number of nitrogens with two attached hydrogens (primary N) is 1. The Balaban J connectivity index is 1.72. The van der Waals surface area contributed by atoms with Crippen LogP contribution in [0.5, 0.6) is 0 Å². The molecule has 3 N–H and O–H groups in total. The first-order chi connectivity index (χ1) is 12.3. The van der Waals surface area contributed by atoms with Crippen LogP contribution in [0.2, 0.25) is 0 Å². The van der Waals surface area contributed by atoms with Gasteiger partial charge in [0.1, 0.15) is 17.3 Å². The SMILES string of the molecule is Cc1cc(NC(=O)CN2CCC(N)C(C)(C)C2)n(-c2ccccc2F)n1. The van der Waals surface area contributed by atoms with Crippen LogP contribution in [-0.2, 0) is 4.79 Å². The summed E-state index contributed by atoms with van der Waals surface area (Å²) in [5, 5.41) is 7.17.